The molecular weight excluding hydrogens is 446 g/mol. The van der Waals surface area contributed by atoms with Gasteiger partial charge >= 0.3 is 0 Å². The van der Waals surface area contributed by atoms with Gasteiger partial charge in [-0.15, -0.1) is 0 Å². The van der Waals surface area contributed by atoms with Crippen LogP contribution in [0.2, 0.25) is 0 Å². The Morgan fingerprint density at radius 2 is 1.71 bits per heavy atom. The summed E-state index contributed by atoms with van der Waals surface area (Å²) in [5.74, 6) is 0. The maximum absolute atomic E-state index is 13.9. The Kier molecular flexibility index (Phi) is 6.13. The lowest BCUT2D eigenvalue weighted by molar-refractivity contribution is 0.0694. The van der Waals surface area contributed by atoms with E-state index in [2.05, 4.69) is 10.1 Å². The van der Waals surface area contributed by atoms with E-state index in [1.54, 1.807) is 24.4 Å². The van der Waals surface area contributed by atoms with Crippen LogP contribution >= 0.6 is 0 Å². The highest BCUT2D eigenvalue weighted by molar-refractivity contribution is 7.89. The Morgan fingerprint density at radius 3 is 2.50 bits per heavy atom. The van der Waals surface area contributed by atoms with Gasteiger partial charge in [0, 0.05) is 24.5 Å². The molecule has 1 unspecified atom stereocenters. The summed E-state index contributed by atoms with van der Waals surface area (Å²) in [5, 5.41) is 5.05. The minimum atomic E-state index is -3.86. The predicted molar refractivity (Wildman–Crippen MR) is 133 cm³/mol. The highest BCUT2D eigenvalue weighted by Gasteiger charge is 2.32. The van der Waals surface area contributed by atoms with Crippen LogP contribution in [0.4, 0.5) is 0 Å². The monoisotopic (exact) mass is 471 g/mol. The molecule has 34 heavy (non-hydrogen) atoms. The number of aryl methyl sites for hydroxylation is 1. The fourth-order valence-electron chi connectivity index (χ4n) is 4.13. The van der Waals surface area contributed by atoms with Crippen molar-refractivity contribution in [3.05, 3.63) is 108 Å². The highest BCUT2D eigenvalue weighted by atomic mass is 32.2. The third kappa shape index (κ3) is 4.58. The molecule has 1 aliphatic rings. The van der Waals surface area contributed by atoms with E-state index >= 15 is 0 Å². The van der Waals surface area contributed by atoms with Gasteiger partial charge in [0.05, 0.1) is 17.8 Å². The summed E-state index contributed by atoms with van der Waals surface area (Å²) in [5.41, 5.74) is 4.35. The summed E-state index contributed by atoms with van der Waals surface area (Å²) in [6, 6.07) is 26.6. The van der Waals surface area contributed by atoms with Gasteiger partial charge in [0.1, 0.15) is 11.0 Å². The van der Waals surface area contributed by atoms with Crippen LogP contribution in [0.25, 0.3) is 10.9 Å². The van der Waals surface area contributed by atoms with E-state index in [4.69, 9.17) is 4.84 Å². The van der Waals surface area contributed by atoms with Gasteiger partial charge in [-0.25, -0.2) is 8.42 Å². The van der Waals surface area contributed by atoms with Crippen LogP contribution in [-0.2, 0) is 21.4 Å². The van der Waals surface area contributed by atoms with Crippen molar-refractivity contribution < 1.29 is 13.3 Å². The van der Waals surface area contributed by atoms with Crippen molar-refractivity contribution in [1.29, 1.82) is 0 Å². The molecule has 6 nitrogen and oxygen atoms in total. The van der Waals surface area contributed by atoms with E-state index < -0.39 is 10.0 Å². The van der Waals surface area contributed by atoms with Crippen LogP contribution in [0.3, 0.4) is 0 Å². The standard InChI is InChI=1S/C27H25N3O3S/c1-20-12-14-22(15-13-20)25-17-24(33-29-25)19-30(18-21-7-3-2-4-8-21)34(31,32)26-11-5-9-23-10-6-16-28-27(23)26/h2-16,24H,17-19H2,1H3. The SMILES string of the molecule is Cc1ccc(C2=NOC(CN(Cc3ccccc3)S(=O)(=O)c3cccc4cccnc34)C2)cc1. The number of nitrogens with zero attached hydrogens (tertiary/aromatic N) is 3. The second kappa shape index (κ2) is 9.37. The average Bonchev–Trinajstić information content (AvgIpc) is 3.33. The summed E-state index contributed by atoms with van der Waals surface area (Å²) in [6.07, 6.45) is 1.78. The molecule has 0 saturated heterocycles. The van der Waals surface area contributed by atoms with Crippen LogP contribution in [0.5, 0.6) is 0 Å². The summed E-state index contributed by atoms with van der Waals surface area (Å²) in [6.45, 7) is 2.44. The normalized spacial score (nSPS) is 15.9. The number of oxime groups is 1. The maximum atomic E-state index is 13.9. The molecule has 2 heterocycles. The van der Waals surface area contributed by atoms with Crippen molar-refractivity contribution in [3.8, 4) is 0 Å². The Morgan fingerprint density at radius 1 is 0.941 bits per heavy atom. The number of benzene rings is 3. The van der Waals surface area contributed by atoms with E-state index in [0.29, 0.717) is 11.9 Å². The minimum absolute atomic E-state index is 0.180. The molecule has 0 aliphatic carbocycles. The molecule has 1 aliphatic heterocycles. The molecule has 0 bridgehead atoms. The third-order valence-electron chi connectivity index (χ3n) is 5.94. The quantitative estimate of drug-likeness (QED) is 0.383. The highest BCUT2D eigenvalue weighted by Crippen LogP contribution is 2.27. The fourth-order valence-corrected chi connectivity index (χ4v) is 5.75. The Labute approximate surface area is 199 Å². The van der Waals surface area contributed by atoms with Crippen LogP contribution < -0.4 is 0 Å². The minimum Gasteiger partial charge on any atom is -0.390 e. The average molecular weight is 472 g/mol. The van der Waals surface area contributed by atoms with E-state index in [0.717, 1.165) is 22.2 Å². The van der Waals surface area contributed by atoms with Gasteiger partial charge in [-0.3, -0.25) is 4.98 Å². The predicted octanol–water partition coefficient (Wildman–Crippen LogP) is 4.93. The molecule has 0 saturated carbocycles. The topological polar surface area (TPSA) is 71.9 Å². The number of sulfonamides is 1. The molecule has 5 rings (SSSR count). The molecule has 0 N–H and O–H groups in total. The Bertz CT molecular complexity index is 1430. The molecule has 1 aromatic heterocycles. The number of rotatable bonds is 7. The molecule has 0 fully saturated rings. The molecule has 3 aromatic carbocycles. The lowest BCUT2D eigenvalue weighted by Gasteiger charge is -2.25. The summed E-state index contributed by atoms with van der Waals surface area (Å²) in [4.78, 5) is 10.3. The second-order valence-electron chi connectivity index (χ2n) is 8.45. The molecule has 1 atom stereocenters. The zero-order chi connectivity index (χ0) is 23.5. The second-order valence-corrected chi connectivity index (χ2v) is 10.4. The number of hydrogen-bond acceptors (Lipinski definition) is 5. The van der Waals surface area contributed by atoms with Crippen molar-refractivity contribution in [3.63, 3.8) is 0 Å². The first-order valence-corrected chi connectivity index (χ1v) is 12.6. The first-order chi connectivity index (χ1) is 16.5. The van der Waals surface area contributed by atoms with Crippen LogP contribution in [0.15, 0.2) is 101 Å². The third-order valence-corrected chi connectivity index (χ3v) is 7.78. The Hall–Kier alpha value is -3.55. The van der Waals surface area contributed by atoms with Crippen LogP contribution in [-0.4, -0.2) is 36.1 Å². The van der Waals surface area contributed by atoms with E-state index in [-0.39, 0.29) is 24.1 Å². The number of pyridine rings is 1. The molecule has 0 amide bonds. The summed E-state index contributed by atoms with van der Waals surface area (Å²) in [7, 11) is -3.86. The molecular formula is C27H25N3O3S. The van der Waals surface area contributed by atoms with Crippen LogP contribution in [0.1, 0.15) is 23.1 Å². The van der Waals surface area contributed by atoms with Gasteiger partial charge in [-0.2, -0.15) is 4.31 Å². The lowest BCUT2D eigenvalue weighted by Crippen LogP contribution is -2.37. The van der Waals surface area contributed by atoms with Gasteiger partial charge < -0.3 is 4.84 Å². The van der Waals surface area contributed by atoms with Crippen molar-refractivity contribution in [2.45, 2.75) is 30.9 Å². The fraction of sp³-hybridized carbons (Fsp3) is 0.185. The molecule has 7 heteroatoms. The number of para-hydroxylation sites is 1. The van der Waals surface area contributed by atoms with E-state index in [9.17, 15) is 8.42 Å². The Balaban J connectivity index is 1.45. The zero-order valence-corrected chi connectivity index (χ0v) is 19.7. The smallest absolute Gasteiger partial charge is 0.245 e. The molecule has 4 aromatic rings. The number of hydrogen-bond donors (Lipinski definition) is 0. The first-order valence-electron chi connectivity index (χ1n) is 11.2. The maximum Gasteiger partial charge on any atom is 0.245 e. The van der Waals surface area contributed by atoms with Gasteiger partial charge in [0.2, 0.25) is 10.0 Å². The lowest BCUT2D eigenvalue weighted by atomic mass is 10.0. The molecule has 0 radical (unpaired) electrons. The van der Waals surface area contributed by atoms with Crippen molar-refractivity contribution in [2.75, 3.05) is 6.54 Å². The summed E-state index contributed by atoms with van der Waals surface area (Å²) >= 11 is 0. The van der Waals surface area contributed by atoms with E-state index in [1.807, 2.05) is 73.7 Å². The van der Waals surface area contributed by atoms with Crippen LogP contribution in [0, 0.1) is 6.92 Å². The van der Waals surface area contributed by atoms with Crippen molar-refractivity contribution in [1.82, 2.24) is 9.29 Å². The van der Waals surface area contributed by atoms with Crippen molar-refractivity contribution in [2.24, 2.45) is 5.16 Å². The largest absolute Gasteiger partial charge is 0.390 e. The first kappa shape index (κ1) is 22.3. The zero-order valence-electron chi connectivity index (χ0n) is 18.8. The molecule has 172 valence electrons. The van der Waals surface area contributed by atoms with Gasteiger partial charge in [-0.1, -0.05) is 83.5 Å². The van der Waals surface area contributed by atoms with Gasteiger partial charge in [-0.05, 0) is 30.2 Å². The van der Waals surface area contributed by atoms with Gasteiger partial charge in [0.25, 0.3) is 0 Å². The van der Waals surface area contributed by atoms with Crippen molar-refractivity contribution >= 4 is 26.6 Å². The van der Waals surface area contributed by atoms with Gasteiger partial charge in [0.15, 0.2) is 0 Å². The number of fused-ring (bicyclic) bond motifs is 1. The summed E-state index contributed by atoms with van der Waals surface area (Å²) < 4.78 is 29.3. The molecule has 0 spiro atoms. The van der Waals surface area contributed by atoms with E-state index in [1.165, 1.54) is 9.87 Å². The number of aromatic nitrogens is 1.